The fraction of sp³-hybridized carbons (Fsp3) is 0.0667. The lowest BCUT2D eigenvalue weighted by molar-refractivity contribution is -0.111. The fourth-order valence-corrected chi connectivity index (χ4v) is 2.26. The highest BCUT2D eigenvalue weighted by Crippen LogP contribution is 2.16. The number of amides is 1. The number of nitrogens with zero attached hydrogens (tertiary/aromatic N) is 4. The lowest BCUT2D eigenvalue weighted by Crippen LogP contribution is -2.08. The Kier molecular flexibility index (Phi) is 4.33. The molecule has 0 atom stereocenters. The maximum Gasteiger partial charge on any atom is 0.248 e. The van der Waals surface area contributed by atoms with Gasteiger partial charge in [-0.3, -0.25) is 4.79 Å². The van der Waals surface area contributed by atoms with Crippen LogP contribution in [0.15, 0.2) is 51.6 Å². The summed E-state index contributed by atoms with van der Waals surface area (Å²) in [5.74, 6) is 0.991. The van der Waals surface area contributed by atoms with Crippen LogP contribution in [0.4, 0.5) is 5.69 Å². The van der Waals surface area contributed by atoms with E-state index in [1.807, 2.05) is 12.1 Å². The Hall–Kier alpha value is -2.74. The quantitative estimate of drug-likeness (QED) is 0.710. The summed E-state index contributed by atoms with van der Waals surface area (Å²) in [5.41, 5.74) is 1.41. The summed E-state index contributed by atoms with van der Waals surface area (Å²) in [6.45, 7) is 1.80. The van der Waals surface area contributed by atoms with Gasteiger partial charge in [0.1, 0.15) is 5.76 Å². The van der Waals surface area contributed by atoms with Crippen molar-refractivity contribution in [3.05, 3.63) is 58.7 Å². The van der Waals surface area contributed by atoms with E-state index in [1.165, 1.54) is 6.08 Å². The predicted molar refractivity (Wildman–Crippen MR) is 88.0 cm³/mol. The average Bonchev–Trinajstić information content (AvgIpc) is 3.14. The number of hydrogen-bond acceptors (Lipinski definition) is 5. The highest BCUT2D eigenvalue weighted by atomic mass is 79.9. The minimum Gasteiger partial charge on any atom is -0.450 e. The van der Waals surface area contributed by atoms with Gasteiger partial charge < -0.3 is 9.73 Å². The van der Waals surface area contributed by atoms with Crippen LogP contribution in [0.25, 0.3) is 11.8 Å². The monoisotopic (exact) mass is 373 g/mol. The number of carbonyl (C=O) groups is 1. The SMILES string of the molecule is Cc1nnnn1-c1cccc(NC(=O)C=Cc2ccc(Br)o2)c1. The molecule has 0 saturated carbocycles. The number of aromatic nitrogens is 4. The van der Waals surface area contributed by atoms with Gasteiger partial charge in [0.15, 0.2) is 10.5 Å². The van der Waals surface area contributed by atoms with Crippen LogP contribution in [0.5, 0.6) is 0 Å². The molecule has 0 aliphatic rings. The second-order valence-electron chi connectivity index (χ2n) is 4.65. The molecule has 1 amide bonds. The number of aryl methyl sites for hydroxylation is 1. The summed E-state index contributed by atoms with van der Waals surface area (Å²) in [4.78, 5) is 12.0. The van der Waals surface area contributed by atoms with Gasteiger partial charge in [0.25, 0.3) is 0 Å². The minimum atomic E-state index is -0.261. The van der Waals surface area contributed by atoms with Crippen LogP contribution in [-0.4, -0.2) is 26.1 Å². The van der Waals surface area contributed by atoms with Crippen LogP contribution < -0.4 is 5.32 Å². The molecule has 1 aromatic carbocycles. The predicted octanol–water partition coefficient (Wildman–Crippen LogP) is 2.98. The van der Waals surface area contributed by atoms with Gasteiger partial charge in [0.2, 0.25) is 5.91 Å². The van der Waals surface area contributed by atoms with E-state index in [0.717, 1.165) is 5.69 Å². The number of nitrogens with one attached hydrogen (secondary N) is 1. The van der Waals surface area contributed by atoms with E-state index in [-0.39, 0.29) is 5.91 Å². The van der Waals surface area contributed by atoms with Crippen LogP contribution >= 0.6 is 15.9 Å². The van der Waals surface area contributed by atoms with E-state index in [0.29, 0.717) is 21.9 Å². The summed E-state index contributed by atoms with van der Waals surface area (Å²) >= 11 is 3.21. The van der Waals surface area contributed by atoms with Crippen molar-refractivity contribution in [2.45, 2.75) is 6.92 Å². The number of tetrazole rings is 1. The van der Waals surface area contributed by atoms with Crippen molar-refractivity contribution in [1.29, 1.82) is 0 Å². The first-order valence-corrected chi connectivity index (χ1v) is 7.51. The average molecular weight is 374 g/mol. The lowest BCUT2D eigenvalue weighted by atomic mass is 10.2. The maximum atomic E-state index is 12.0. The summed E-state index contributed by atoms with van der Waals surface area (Å²) in [7, 11) is 0. The molecule has 0 spiro atoms. The molecule has 23 heavy (non-hydrogen) atoms. The van der Waals surface area contributed by atoms with Crippen LogP contribution in [0.3, 0.4) is 0 Å². The van der Waals surface area contributed by atoms with Gasteiger partial charge in [-0.25, -0.2) is 0 Å². The summed E-state index contributed by atoms with van der Waals surface area (Å²) in [6, 6.07) is 10.8. The minimum absolute atomic E-state index is 0.261. The maximum absolute atomic E-state index is 12.0. The number of halogens is 1. The third-order valence-electron chi connectivity index (χ3n) is 2.98. The Morgan fingerprint density at radius 3 is 2.91 bits per heavy atom. The highest BCUT2D eigenvalue weighted by Gasteiger charge is 2.05. The Morgan fingerprint density at radius 2 is 2.22 bits per heavy atom. The van der Waals surface area contributed by atoms with E-state index in [1.54, 1.807) is 41.9 Å². The molecule has 116 valence electrons. The molecule has 0 radical (unpaired) electrons. The van der Waals surface area contributed by atoms with Crippen molar-refractivity contribution in [3.63, 3.8) is 0 Å². The zero-order chi connectivity index (χ0) is 16.2. The largest absolute Gasteiger partial charge is 0.450 e. The van der Waals surface area contributed by atoms with Crippen LogP contribution in [0.1, 0.15) is 11.6 Å². The molecule has 2 aromatic heterocycles. The van der Waals surface area contributed by atoms with Crippen molar-refractivity contribution < 1.29 is 9.21 Å². The van der Waals surface area contributed by atoms with E-state index in [9.17, 15) is 4.79 Å². The van der Waals surface area contributed by atoms with Gasteiger partial charge in [0, 0.05) is 11.8 Å². The Balaban J connectivity index is 1.72. The normalized spacial score (nSPS) is 11.0. The van der Waals surface area contributed by atoms with Gasteiger partial charge in [-0.1, -0.05) is 6.07 Å². The van der Waals surface area contributed by atoms with Crippen molar-refractivity contribution in [1.82, 2.24) is 20.2 Å². The smallest absolute Gasteiger partial charge is 0.248 e. The molecule has 8 heteroatoms. The van der Waals surface area contributed by atoms with E-state index >= 15 is 0 Å². The van der Waals surface area contributed by atoms with Gasteiger partial charge in [-0.15, -0.1) is 5.10 Å². The molecule has 0 aliphatic heterocycles. The van der Waals surface area contributed by atoms with Crippen molar-refractivity contribution in [2.75, 3.05) is 5.32 Å². The first-order chi connectivity index (χ1) is 11.1. The van der Waals surface area contributed by atoms with Crippen LogP contribution in [0, 0.1) is 6.92 Å². The molecule has 0 bridgehead atoms. The number of benzene rings is 1. The summed E-state index contributed by atoms with van der Waals surface area (Å²) in [5, 5.41) is 14.1. The number of furan rings is 1. The third kappa shape index (κ3) is 3.72. The molecular formula is C15H12BrN5O2. The zero-order valence-electron chi connectivity index (χ0n) is 12.1. The van der Waals surface area contributed by atoms with Gasteiger partial charge in [-0.2, -0.15) is 4.68 Å². The van der Waals surface area contributed by atoms with Crippen molar-refractivity contribution in [3.8, 4) is 5.69 Å². The van der Waals surface area contributed by atoms with Crippen molar-refractivity contribution >= 4 is 33.6 Å². The van der Waals surface area contributed by atoms with E-state index in [2.05, 4.69) is 36.8 Å². The molecule has 1 N–H and O–H groups in total. The molecular weight excluding hydrogens is 362 g/mol. The Bertz CT molecular complexity index is 868. The van der Waals surface area contributed by atoms with E-state index in [4.69, 9.17) is 4.42 Å². The number of anilines is 1. The zero-order valence-corrected chi connectivity index (χ0v) is 13.7. The molecule has 0 fully saturated rings. The topological polar surface area (TPSA) is 85.8 Å². The standard InChI is InChI=1S/C15H12BrN5O2/c1-10-18-19-20-21(10)12-4-2-3-11(9-12)17-15(22)8-6-13-5-7-14(16)23-13/h2-9H,1H3,(H,17,22). The Morgan fingerprint density at radius 1 is 1.35 bits per heavy atom. The fourth-order valence-electron chi connectivity index (χ4n) is 1.95. The second-order valence-corrected chi connectivity index (χ2v) is 5.43. The van der Waals surface area contributed by atoms with Crippen LogP contribution in [-0.2, 0) is 4.79 Å². The van der Waals surface area contributed by atoms with Gasteiger partial charge in [0.05, 0.1) is 5.69 Å². The van der Waals surface area contributed by atoms with Crippen LogP contribution in [0.2, 0.25) is 0 Å². The molecule has 0 saturated heterocycles. The van der Waals surface area contributed by atoms with Gasteiger partial charge >= 0.3 is 0 Å². The first kappa shape index (κ1) is 15.2. The number of carbonyl (C=O) groups excluding carboxylic acids is 1. The molecule has 2 heterocycles. The summed E-state index contributed by atoms with van der Waals surface area (Å²) < 4.78 is 7.49. The van der Waals surface area contributed by atoms with E-state index < -0.39 is 0 Å². The van der Waals surface area contributed by atoms with Gasteiger partial charge in [-0.05, 0) is 69.7 Å². The second kappa shape index (κ2) is 6.57. The first-order valence-electron chi connectivity index (χ1n) is 6.71. The Labute approximate surface area is 140 Å². The third-order valence-corrected chi connectivity index (χ3v) is 3.40. The molecule has 3 aromatic rings. The molecule has 7 nitrogen and oxygen atoms in total. The molecule has 0 unspecified atom stereocenters. The lowest BCUT2D eigenvalue weighted by Gasteiger charge is -2.06. The number of hydrogen-bond donors (Lipinski definition) is 1. The molecule has 0 aliphatic carbocycles. The highest BCUT2D eigenvalue weighted by molar-refractivity contribution is 9.10. The number of rotatable bonds is 4. The molecule has 3 rings (SSSR count). The van der Waals surface area contributed by atoms with Crippen molar-refractivity contribution in [2.24, 2.45) is 0 Å². The summed E-state index contributed by atoms with van der Waals surface area (Å²) in [6.07, 6.45) is 3.00.